The number of hydrogen-bond donors (Lipinski definition) is 1. The van der Waals surface area contributed by atoms with Crippen LogP contribution in [0.4, 0.5) is 0 Å². The molecule has 94 valence electrons. The largest absolute Gasteiger partial charge is 0.345 e. The quantitative estimate of drug-likeness (QED) is 0.843. The molecule has 0 saturated heterocycles. The number of carbonyl (C=O) groups is 1. The van der Waals surface area contributed by atoms with Crippen LogP contribution in [0.25, 0.3) is 0 Å². The number of benzene rings is 1. The van der Waals surface area contributed by atoms with Crippen LogP contribution < -0.4 is 5.32 Å². The molecule has 0 bridgehead atoms. The van der Waals surface area contributed by atoms with Gasteiger partial charge < -0.3 is 5.32 Å². The van der Waals surface area contributed by atoms with E-state index in [-0.39, 0.29) is 11.9 Å². The molecule has 1 aromatic heterocycles. The zero-order chi connectivity index (χ0) is 13.0. The lowest BCUT2D eigenvalue weighted by Gasteiger charge is -2.12. The average Bonchev–Trinajstić information content (AvgIpc) is 2.92. The highest BCUT2D eigenvalue weighted by Gasteiger charge is 2.11. The molecule has 1 unspecified atom stereocenters. The van der Waals surface area contributed by atoms with Gasteiger partial charge in [-0.2, -0.15) is 0 Å². The van der Waals surface area contributed by atoms with Crippen LogP contribution in [0.1, 0.15) is 33.8 Å². The van der Waals surface area contributed by atoms with Crippen LogP contribution >= 0.6 is 22.9 Å². The number of amides is 1. The van der Waals surface area contributed by atoms with E-state index in [0.717, 1.165) is 10.4 Å². The molecule has 2 aromatic rings. The highest BCUT2D eigenvalue weighted by Crippen LogP contribution is 2.18. The summed E-state index contributed by atoms with van der Waals surface area (Å²) >= 11 is 7.35. The summed E-state index contributed by atoms with van der Waals surface area (Å²) in [5, 5.41) is 4.98. The summed E-state index contributed by atoms with van der Waals surface area (Å²) < 4.78 is 0. The third kappa shape index (κ3) is 3.12. The summed E-state index contributed by atoms with van der Waals surface area (Å²) in [6.07, 6.45) is 0. The molecule has 0 aliphatic rings. The summed E-state index contributed by atoms with van der Waals surface area (Å²) in [4.78, 5) is 13.2. The number of hydrogen-bond acceptors (Lipinski definition) is 2. The van der Waals surface area contributed by atoms with Gasteiger partial charge in [-0.1, -0.05) is 18.2 Å². The number of rotatable bonds is 4. The molecule has 1 aromatic carbocycles. The summed E-state index contributed by atoms with van der Waals surface area (Å²) in [6, 6.07) is 11.4. The van der Waals surface area contributed by atoms with E-state index in [1.807, 2.05) is 36.6 Å². The van der Waals surface area contributed by atoms with Crippen molar-refractivity contribution in [1.82, 2.24) is 5.32 Å². The number of carbonyl (C=O) groups excluding carboxylic acids is 1. The fourth-order valence-electron chi connectivity index (χ4n) is 1.63. The molecule has 1 heterocycles. The van der Waals surface area contributed by atoms with Crippen LogP contribution in [0, 0.1) is 0 Å². The Kier molecular flexibility index (Phi) is 4.39. The second-order valence-electron chi connectivity index (χ2n) is 4.04. The average molecular weight is 280 g/mol. The van der Waals surface area contributed by atoms with Crippen molar-refractivity contribution in [2.45, 2.75) is 18.8 Å². The van der Waals surface area contributed by atoms with Crippen molar-refractivity contribution in [2.75, 3.05) is 0 Å². The van der Waals surface area contributed by atoms with Crippen LogP contribution in [0.3, 0.4) is 0 Å². The van der Waals surface area contributed by atoms with Gasteiger partial charge in [0.05, 0.1) is 6.04 Å². The Morgan fingerprint density at radius 2 is 2.06 bits per heavy atom. The molecule has 0 aliphatic carbocycles. The molecule has 0 spiro atoms. The Bertz CT molecular complexity index is 507. The van der Waals surface area contributed by atoms with Gasteiger partial charge in [-0.05, 0) is 36.1 Å². The van der Waals surface area contributed by atoms with Gasteiger partial charge in [0.25, 0.3) is 5.91 Å². The molecule has 0 radical (unpaired) electrons. The highest BCUT2D eigenvalue weighted by molar-refractivity contribution is 7.10. The van der Waals surface area contributed by atoms with E-state index in [4.69, 9.17) is 11.6 Å². The SMILES string of the molecule is CC(NC(=O)c1ccc(CCl)cc1)c1cccs1. The second-order valence-corrected chi connectivity index (χ2v) is 5.29. The maximum absolute atomic E-state index is 12.0. The topological polar surface area (TPSA) is 29.1 Å². The van der Waals surface area contributed by atoms with Crippen LogP contribution in [-0.2, 0) is 5.88 Å². The van der Waals surface area contributed by atoms with Crippen LogP contribution in [-0.4, -0.2) is 5.91 Å². The Morgan fingerprint density at radius 3 is 2.61 bits per heavy atom. The Balaban J connectivity index is 2.03. The predicted molar refractivity (Wildman–Crippen MR) is 76.2 cm³/mol. The Labute approximate surface area is 116 Å². The molecule has 2 rings (SSSR count). The lowest BCUT2D eigenvalue weighted by molar-refractivity contribution is 0.0940. The highest BCUT2D eigenvalue weighted by atomic mass is 35.5. The minimum Gasteiger partial charge on any atom is -0.345 e. The van der Waals surface area contributed by atoms with Gasteiger partial charge in [-0.15, -0.1) is 22.9 Å². The van der Waals surface area contributed by atoms with Crippen molar-refractivity contribution in [3.05, 3.63) is 57.8 Å². The van der Waals surface area contributed by atoms with Crippen molar-refractivity contribution >= 4 is 28.8 Å². The standard InChI is InChI=1S/C14H14ClNOS/c1-10(13-3-2-8-18-13)16-14(17)12-6-4-11(9-15)5-7-12/h2-8,10H,9H2,1H3,(H,16,17). The van der Waals surface area contributed by atoms with Gasteiger partial charge in [0.15, 0.2) is 0 Å². The van der Waals surface area contributed by atoms with E-state index in [9.17, 15) is 4.79 Å². The van der Waals surface area contributed by atoms with Gasteiger partial charge in [-0.25, -0.2) is 0 Å². The molecule has 0 fully saturated rings. The maximum Gasteiger partial charge on any atom is 0.251 e. The van der Waals surface area contributed by atoms with Crippen LogP contribution in [0.15, 0.2) is 41.8 Å². The first-order valence-corrected chi connectivity index (χ1v) is 7.11. The number of alkyl halides is 1. The molecule has 2 nitrogen and oxygen atoms in total. The zero-order valence-corrected chi connectivity index (χ0v) is 11.6. The van der Waals surface area contributed by atoms with E-state index in [1.165, 1.54) is 0 Å². The third-order valence-corrected chi connectivity index (χ3v) is 4.05. The van der Waals surface area contributed by atoms with E-state index in [0.29, 0.717) is 11.4 Å². The van der Waals surface area contributed by atoms with Gasteiger partial charge in [0, 0.05) is 16.3 Å². The number of halogens is 1. The first-order valence-electron chi connectivity index (χ1n) is 5.70. The molecular formula is C14H14ClNOS. The fraction of sp³-hybridized carbons (Fsp3) is 0.214. The number of nitrogens with one attached hydrogen (secondary N) is 1. The van der Waals surface area contributed by atoms with Crippen molar-refractivity contribution in [2.24, 2.45) is 0 Å². The van der Waals surface area contributed by atoms with Crippen LogP contribution in [0.2, 0.25) is 0 Å². The van der Waals surface area contributed by atoms with Crippen molar-refractivity contribution in [3.63, 3.8) is 0 Å². The summed E-state index contributed by atoms with van der Waals surface area (Å²) in [5.41, 5.74) is 1.67. The zero-order valence-electron chi connectivity index (χ0n) is 10.0. The summed E-state index contributed by atoms with van der Waals surface area (Å²) in [6.45, 7) is 1.98. The molecule has 4 heteroatoms. The molecule has 1 N–H and O–H groups in total. The van der Waals surface area contributed by atoms with Gasteiger partial charge in [-0.3, -0.25) is 4.79 Å². The fourth-order valence-corrected chi connectivity index (χ4v) is 2.55. The minimum atomic E-state index is -0.0583. The van der Waals surface area contributed by atoms with E-state index < -0.39 is 0 Å². The van der Waals surface area contributed by atoms with Crippen LogP contribution in [0.5, 0.6) is 0 Å². The lowest BCUT2D eigenvalue weighted by atomic mass is 10.1. The first-order chi connectivity index (χ1) is 8.70. The van der Waals surface area contributed by atoms with E-state index in [2.05, 4.69) is 5.32 Å². The first kappa shape index (κ1) is 13.1. The van der Waals surface area contributed by atoms with E-state index in [1.54, 1.807) is 23.5 Å². The van der Waals surface area contributed by atoms with Gasteiger partial charge >= 0.3 is 0 Å². The molecule has 1 atom stereocenters. The predicted octanol–water partition coefficient (Wildman–Crippen LogP) is 3.98. The third-order valence-electron chi connectivity index (χ3n) is 2.69. The normalized spacial score (nSPS) is 12.1. The Hall–Kier alpha value is -1.32. The molecule has 1 amide bonds. The van der Waals surface area contributed by atoms with E-state index >= 15 is 0 Å². The lowest BCUT2D eigenvalue weighted by Crippen LogP contribution is -2.26. The number of thiophene rings is 1. The van der Waals surface area contributed by atoms with Gasteiger partial charge in [0.2, 0.25) is 0 Å². The molecule has 0 aliphatic heterocycles. The minimum absolute atomic E-state index is 0.0326. The monoisotopic (exact) mass is 279 g/mol. The summed E-state index contributed by atoms with van der Waals surface area (Å²) in [5.74, 6) is 0.407. The molecule has 18 heavy (non-hydrogen) atoms. The second kappa shape index (κ2) is 6.03. The summed E-state index contributed by atoms with van der Waals surface area (Å²) in [7, 11) is 0. The Morgan fingerprint density at radius 1 is 1.33 bits per heavy atom. The van der Waals surface area contributed by atoms with Gasteiger partial charge in [0.1, 0.15) is 0 Å². The van der Waals surface area contributed by atoms with Crippen molar-refractivity contribution < 1.29 is 4.79 Å². The van der Waals surface area contributed by atoms with Crippen molar-refractivity contribution in [3.8, 4) is 0 Å². The molecular weight excluding hydrogens is 266 g/mol. The molecule has 0 saturated carbocycles. The van der Waals surface area contributed by atoms with Crippen molar-refractivity contribution in [1.29, 1.82) is 0 Å². The maximum atomic E-state index is 12.0. The smallest absolute Gasteiger partial charge is 0.251 e.